The summed E-state index contributed by atoms with van der Waals surface area (Å²) in [6.07, 6.45) is 7.78. The fraction of sp³-hybridized carbons (Fsp3) is 0.118. The van der Waals surface area contributed by atoms with Gasteiger partial charge in [-0.3, -0.25) is 4.98 Å². The van der Waals surface area contributed by atoms with Crippen molar-refractivity contribution in [2.45, 2.75) is 12.8 Å². The molecule has 0 atom stereocenters. The Labute approximate surface area is 138 Å². The van der Waals surface area contributed by atoms with Crippen LogP contribution in [0.4, 0.5) is 0 Å². The van der Waals surface area contributed by atoms with Gasteiger partial charge in [-0.15, -0.1) is 0 Å². The van der Waals surface area contributed by atoms with Gasteiger partial charge in [0, 0.05) is 16.8 Å². The fourth-order valence-electron chi connectivity index (χ4n) is 2.47. The molecule has 0 unspecified atom stereocenters. The molecule has 4 heteroatoms. The number of benzene rings is 1. The van der Waals surface area contributed by atoms with Gasteiger partial charge in [0.1, 0.15) is 0 Å². The second-order valence-corrected chi connectivity index (χ2v) is 6.02. The Morgan fingerprint density at radius 3 is 2.71 bits per heavy atom. The van der Waals surface area contributed by atoms with E-state index in [0.29, 0.717) is 10.0 Å². The molecule has 0 radical (unpaired) electrons. The summed E-state index contributed by atoms with van der Waals surface area (Å²) < 4.78 is 0. The van der Waals surface area contributed by atoms with E-state index < -0.39 is 0 Å². The van der Waals surface area contributed by atoms with Crippen molar-refractivity contribution >= 4 is 45.9 Å². The quantitative estimate of drug-likeness (QED) is 0.627. The summed E-state index contributed by atoms with van der Waals surface area (Å²) in [5.41, 5.74) is 4.02. The van der Waals surface area contributed by atoms with Gasteiger partial charge in [-0.05, 0) is 42.2 Å². The zero-order chi connectivity index (χ0) is 14.8. The number of nitrogens with zero attached hydrogens (tertiary/aromatic N) is 1. The minimum Gasteiger partial charge on any atom is -0.255 e. The van der Waals surface area contributed by atoms with Crippen molar-refractivity contribution in [3.63, 3.8) is 0 Å². The highest BCUT2D eigenvalue weighted by atomic mass is 35.5. The van der Waals surface area contributed by atoms with Gasteiger partial charge in [0.2, 0.25) is 0 Å². The van der Waals surface area contributed by atoms with Gasteiger partial charge in [0.05, 0.1) is 15.7 Å². The molecule has 0 N–H and O–H groups in total. The Hall–Kier alpha value is -1.28. The molecule has 1 aromatic heterocycles. The van der Waals surface area contributed by atoms with E-state index in [1.54, 1.807) is 12.3 Å². The summed E-state index contributed by atoms with van der Waals surface area (Å²) in [4.78, 5) is 4.40. The summed E-state index contributed by atoms with van der Waals surface area (Å²) >= 11 is 18.5. The first-order valence-corrected chi connectivity index (χ1v) is 7.76. The highest BCUT2D eigenvalue weighted by Crippen LogP contribution is 2.38. The summed E-state index contributed by atoms with van der Waals surface area (Å²) in [6.45, 7) is 0. The summed E-state index contributed by atoms with van der Waals surface area (Å²) in [7, 11) is 0. The van der Waals surface area contributed by atoms with Crippen LogP contribution in [-0.4, -0.2) is 4.98 Å². The van der Waals surface area contributed by atoms with Crippen molar-refractivity contribution in [3.8, 4) is 0 Å². The predicted molar refractivity (Wildman–Crippen MR) is 90.9 cm³/mol. The van der Waals surface area contributed by atoms with Crippen LogP contribution in [0.15, 0.2) is 48.7 Å². The molecule has 1 nitrogen and oxygen atoms in total. The Kier molecular flexibility index (Phi) is 4.34. The van der Waals surface area contributed by atoms with Gasteiger partial charge in [0.15, 0.2) is 0 Å². The maximum atomic E-state index is 6.32. The predicted octanol–water partition coefficient (Wildman–Crippen LogP) is 6.30. The van der Waals surface area contributed by atoms with Crippen LogP contribution in [0.5, 0.6) is 0 Å². The fourth-order valence-corrected chi connectivity index (χ4v) is 3.02. The molecule has 0 spiro atoms. The monoisotopic (exact) mass is 335 g/mol. The van der Waals surface area contributed by atoms with Crippen LogP contribution in [0, 0.1) is 0 Å². The lowest BCUT2D eigenvalue weighted by Crippen LogP contribution is -1.98. The van der Waals surface area contributed by atoms with Crippen LogP contribution in [0.25, 0.3) is 11.1 Å². The molecule has 0 fully saturated rings. The van der Waals surface area contributed by atoms with Crippen molar-refractivity contribution in [1.82, 2.24) is 4.98 Å². The van der Waals surface area contributed by atoms with E-state index in [-0.39, 0.29) is 0 Å². The molecule has 1 aliphatic rings. The maximum absolute atomic E-state index is 6.32. The molecule has 2 aromatic rings. The first-order valence-electron chi connectivity index (χ1n) is 6.63. The third-order valence-corrected chi connectivity index (χ3v) is 4.47. The standard InChI is InChI=1S/C17H12Cl3N/c18-12-5-3-4-11(10-12)13-6-1-2-7-14(13)17-16(20)15(19)8-9-21-17/h2-5,7-10H,1,6H2. The topological polar surface area (TPSA) is 12.9 Å². The second kappa shape index (κ2) is 6.23. The average molecular weight is 337 g/mol. The lowest BCUT2D eigenvalue weighted by molar-refractivity contribution is 1.05. The molecule has 1 aromatic carbocycles. The first-order chi connectivity index (χ1) is 10.2. The largest absolute Gasteiger partial charge is 0.255 e. The smallest absolute Gasteiger partial charge is 0.0906 e. The molecule has 0 amide bonds. The Morgan fingerprint density at radius 2 is 1.90 bits per heavy atom. The van der Waals surface area contributed by atoms with Gasteiger partial charge in [0.25, 0.3) is 0 Å². The van der Waals surface area contributed by atoms with Crippen LogP contribution in [-0.2, 0) is 0 Å². The van der Waals surface area contributed by atoms with Crippen molar-refractivity contribution in [3.05, 3.63) is 75.0 Å². The van der Waals surface area contributed by atoms with Gasteiger partial charge in [-0.2, -0.15) is 0 Å². The molecule has 0 bridgehead atoms. The van der Waals surface area contributed by atoms with Crippen LogP contribution in [0.2, 0.25) is 15.1 Å². The van der Waals surface area contributed by atoms with Crippen LogP contribution in [0.3, 0.4) is 0 Å². The molecule has 0 saturated carbocycles. The molecule has 21 heavy (non-hydrogen) atoms. The minimum atomic E-state index is 0.486. The number of pyridine rings is 1. The average Bonchev–Trinajstić information content (AvgIpc) is 2.50. The zero-order valence-corrected chi connectivity index (χ0v) is 13.4. The van der Waals surface area contributed by atoms with Gasteiger partial charge >= 0.3 is 0 Å². The molecule has 0 aliphatic heterocycles. The summed E-state index contributed by atoms with van der Waals surface area (Å²) in [6, 6.07) is 9.54. The molecule has 1 aliphatic carbocycles. The summed E-state index contributed by atoms with van der Waals surface area (Å²) in [5, 5.41) is 1.72. The molecule has 1 heterocycles. The Morgan fingerprint density at radius 1 is 1.05 bits per heavy atom. The highest BCUT2D eigenvalue weighted by molar-refractivity contribution is 6.43. The van der Waals surface area contributed by atoms with Gasteiger partial charge in [-0.25, -0.2) is 0 Å². The molecular weight excluding hydrogens is 325 g/mol. The number of halogens is 3. The molecule has 106 valence electrons. The van der Waals surface area contributed by atoms with E-state index in [4.69, 9.17) is 34.8 Å². The number of hydrogen-bond donors (Lipinski definition) is 0. The maximum Gasteiger partial charge on any atom is 0.0906 e. The third-order valence-electron chi connectivity index (χ3n) is 3.44. The Balaban J connectivity index is 2.21. The van der Waals surface area contributed by atoms with E-state index >= 15 is 0 Å². The molecular formula is C17H12Cl3N. The van der Waals surface area contributed by atoms with E-state index in [1.807, 2.05) is 18.2 Å². The lowest BCUT2D eigenvalue weighted by Gasteiger charge is -2.17. The SMILES string of the molecule is Clc1cccc(C2=C(c3nccc(Cl)c3Cl)C=CCC2)c1. The molecule has 0 saturated heterocycles. The van der Waals surface area contributed by atoms with Crippen molar-refractivity contribution < 1.29 is 0 Å². The van der Waals surface area contributed by atoms with E-state index in [2.05, 4.69) is 23.2 Å². The minimum absolute atomic E-state index is 0.486. The highest BCUT2D eigenvalue weighted by Gasteiger charge is 2.17. The lowest BCUT2D eigenvalue weighted by atomic mass is 9.90. The Bertz CT molecular complexity index is 747. The van der Waals surface area contributed by atoms with Gasteiger partial charge in [-0.1, -0.05) is 59.1 Å². The summed E-state index contributed by atoms with van der Waals surface area (Å²) in [5.74, 6) is 0. The molecule has 3 rings (SSSR count). The van der Waals surface area contributed by atoms with Crippen molar-refractivity contribution in [2.75, 3.05) is 0 Å². The first kappa shape index (κ1) is 14.6. The van der Waals surface area contributed by atoms with Crippen LogP contribution >= 0.6 is 34.8 Å². The number of allylic oxidation sites excluding steroid dienone is 4. The van der Waals surface area contributed by atoms with E-state index in [9.17, 15) is 0 Å². The van der Waals surface area contributed by atoms with Crippen LogP contribution in [0.1, 0.15) is 24.1 Å². The van der Waals surface area contributed by atoms with Crippen molar-refractivity contribution in [2.24, 2.45) is 0 Å². The number of rotatable bonds is 2. The number of aromatic nitrogens is 1. The second-order valence-electron chi connectivity index (χ2n) is 4.80. The van der Waals surface area contributed by atoms with Gasteiger partial charge < -0.3 is 0 Å². The third kappa shape index (κ3) is 3.01. The van der Waals surface area contributed by atoms with E-state index in [0.717, 1.165) is 34.7 Å². The zero-order valence-electron chi connectivity index (χ0n) is 11.1. The normalized spacial score (nSPS) is 14.6. The van der Waals surface area contributed by atoms with E-state index in [1.165, 1.54) is 5.57 Å². The number of hydrogen-bond acceptors (Lipinski definition) is 1. The van der Waals surface area contributed by atoms with Crippen LogP contribution < -0.4 is 0 Å². The van der Waals surface area contributed by atoms with Crippen molar-refractivity contribution in [1.29, 1.82) is 0 Å².